The number of piperidine rings is 1. The van der Waals surface area contributed by atoms with Gasteiger partial charge in [0.05, 0.1) is 5.60 Å². The molecule has 2 fully saturated rings. The Labute approximate surface area is 139 Å². The molecule has 4 heterocycles. The zero-order valence-electron chi connectivity index (χ0n) is 13.8. The van der Waals surface area contributed by atoms with Crippen molar-refractivity contribution < 1.29 is 14.1 Å². The molecule has 2 aliphatic rings. The fraction of sp³-hybridized carbons (Fsp3) is 0.667. The van der Waals surface area contributed by atoms with Gasteiger partial charge >= 0.3 is 0 Å². The lowest BCUT2D eigenvalue weighted by molar-refractivity contribution is -0.0821. The Morgan fingerprint density at radius 3 is 2.75 bits per heavy atom. The van der Waals surface area contributed by atoms with Crippen LogP contribution in [0.1, 0.15) is 54.1 Å². The molecule has 24 heavy (non-hydrogen) atoms. The highest BCUT2D eigenvalue weighted by Crippen LogP contribution is 2.44. The Bertz CT molecular complexity index is 746. The molecular formula is C15H20N6O3. The summed E-state index contributed by atoms with van der Waals surface area (Å²) in [7, 11) is 1.75. The molecule has 4 rings (SSSR count). The summed E-state index contributed by atoms with van der Waals surface area (Å²) in [6.07, 6.45) is 4.83. The van der Waals surface area contributed by atoms with Gasteiger partial charge in [-0.25, -0.2) is 4.98 Å². The molecule has 2 saturated heterocycles. The molecule has 0 bridgehead atoms. The third-order valence-corrected chi connectivity index (χ3v) is 4.83. The molecule has 1 amide bonds. The summed E-state index contributed by atoms with van der Waals surface area (Å²) in [5.41, 5.74) is -0.193. The molecule has 9 heteroatoms. The topological polar surface area (TPSA) is 99.2 Å². The molecule has 1 spiro atoms. The number of aromatic nitrogens is 5. The van der Waals surface area contributed by atoms with Crippen molar-refractivity contribution in [3.63, 3.8) is 0 Å². The highest BCUT2D eigenvalue weighted by molar-refractivity contribution is 5.90. The average Bonchev–Trinajstić information content (AvgIpc) is 3.28. The van der Waals surface area contributed by atoms with E-state index in [0.29, 0.717) is 24.8 Å². The van der Waals surface area contributed by atoms with Gasteiger partial charge < -0.3 is 14.2 Å². The molecule has 128 valence electrons. The van der Waals surface area contributed by atoms with Gasteiger partial charge in [0.15, 0.2) is 5.82 Å². The molecule has 2 aromatic rings. The SMILES string of the molecule is Cc1noc([C@@H]2CCC3(CCN(C(=O)c4ncn(C)n4)CC3)O2)n1. The minimum atomic E-state index is -0.193. The first-order chi connectivity index (χ1) is 11.5. The molecule has 2 aromatic heterocycles. The maximum Gasteiger partial charge on any atom is 0.293 e. The molecule has 0 saturated carbocycles. The molecule has 9 nitrogen and oxygen atoms in total. The Morgan fingerprint density at radius 2 is 2.12 bits per heavy atom. The molecule has 1 atom stereocenters. The zero-order valence-corrected chi connectivity index (χ0v) is 13.8. The van der Waals surface area contributed by atoms with E-state index in [-0.39, 0.29) is 23.4 Å². The number of hydrogen-bond acceptors (Lipinski definition) is 7. The number of ether oxygens (including phenoxy) is 1. The van der Waals surface area contributed by atoms with Gasteiger partial charge in [-0.2, -0.15) is 4.98 Å². The van der Waals surface area contributed by atoms with Crippen LogP contribution in [0.25, 0.3) is 0 Å². The first kappa shape index (κ1) is 15.3. The maximum atomic E-state index is 12.4. The first-order valence-electron chi connectivity index (χ1n) is 8.18. The smallest absolute Gasteiger partial charge is 0.293 e. The molecule has 0 radical (unpaired) electrons. The second-order valence-electron chi connectivity index (χ2n) is 6.54. The molecular weight excluding hydrogens is 312 g/mol. The van der Waals surface area contributed by atoms with E-state index in [2.05, 4.69) is 20.2 Å². The summed E-state index contributed by atoms with van der Waals surface area (Å²) >= 11 is 0. The van der Waals surface area contributed by atoms with Crippen molar-refractivity contribution in [2.24, 2.45) is 7.05 Å². The Balaban J connectivity index is 1.38. The van der Waals surface area contributed by atoms with Crippen LogP contribution in [0.5, 0.6) is 0 Å². The van der Waals surface area contributed by atoms with E-state index in [9.17, 15) is 4.79 Å². The second kappa shape index (κ2) is 5.66. The van der Waals surface area contributed by atoms with Gasteiger partial charge in [-0.15, -0.1) is 5.10 Å². The van der Waals surface area contributed by atoms with Crippen molar-refractivity contribution in [2.75, 3.05) is 13.1 Å². The van der Waals surface area contributed by atoms with Gasteiger partial charge in [-0.1, -0.05) is 5.16 Å². The normalized spacial score (nSPS) is 23.1. The molecule has 0 aliphatic carbocycles. The fourth-order valence-electron chi connectivity index (χ4n) is 3.50. The van der Waals surface area contributed by atoms with Crippen LogP contribution in [0.15, 0.2) is 10.9 Å². The highest BCUT2D eigenvalue weighted by atomic mass is 16.5. The minimum Gasteiger partial charge on any atom is -0.362 e. The number of carbonyl (C=O) groups excluding carboxylic acids is 1. The lowest BCUT2D eigenvalue weighted by Gasteiger charge is -2.38. The van der Waals surface area contributed by atoms with Gasteiger partial charge in [-0.05, 0) is 32.6 Å². The number of hydrogen-bond donors (Lipinski definition) is 0. The third-order valence-electron chi connectivity index (χ3n) is 4.83. The quantitative estimate of drug-likeness (QED) is 0.810. The van der Waals surface area contributed by atoms with Crippen LogP contribution in [0.3, 0.4) is 0 Å². The standard InChI is InChI=1S/C15H20N6O3/c1-10-17-13(24-19-10)11-3-4-15(23-11)5-7-21(8-6-15)14(22)12-16-9-20(2)18-12/h9,11H,3-8H2,1-2H3/t11-/m0/s1. The number of likely N-dealkylation sites (tertiary alicyclic amines) is 1. The third kappa shape index (κ3) is 2.68. The van der Waals surface area contributed by atoms with Crippen molar-refractivity contribution in [2.45, 2.75) is 44.3 Å². The lowest BCUT2D eigenvalue weighted by atomic mass is 9.88. The summed E-state index contributed by atoms with van der Waals surface area (Å²) in [6.45, 7) is 3.09. The van der Waals surface area contributed by atoms with Gasteiger partial charge in [-0.3, -0.25) is 9.48 Å². The predicted octanol–water partition coefficient (Wildman–Crippen LogP) is 1.03. The Hall–Kier alpha value is -2.29. The van der Waals surface area contributed by atoms with E-state index in [0.717, 1.165) is 25.7 Å². The highest BCUT2D eigenvalue weighted by Gasteiger charge is 2.45. The van der Waals surface area contributed by atoms with Gasteiger partial charge in [0.1, 0.15) is 12.4 Å². The predicted molar refractivity (Wildman–Crippen MR) is 81.0 cm³/mol. The maximum absolute atomic E-state index is 12.4. The summed E-state index contributed by atoms with van der Waals surface area (Å²) in [5.74, 6) is 1.31. The van der Waals surface area contributed by atoms with E-state index < -0.39 is 0 Å². The number of carbonyl (C=O) groups is 1. The Kier molecular flexibility index (Phi) is 3.60. The van der Waals surface area contributed by atoms with Gasteiger partial charge in [0.25, 0.3) is 11.8 Å². The van der Waals surface area contributed by atoms with Crippen LogP contribution in [-0.4, -0.2) is 54.4 Å². The van der Waals surface area contributed by atoms with Crippen LogP contribution in [0.4, 0.5) is 0 Å². The van der Waals surface area contributed by atoms with Crippen molar-refractivity contribution in [3.8, 4) is 0 Å². The van der Waals surface area contributed by atoms with Crippen LogP contribution in [0.2, 0.25) is 0 Å². The number of nitrogens with zero attached hydrogens (tertiary/aromatic N) is 6. The summed E-state index contributed by atoms with van der Waals surface area (Å²) in [5, 5.41) is 7.92. The van der Waals surface area contributed by atoms with Crippen molar-refractivity contribution >= 4 is 5.91 Å². The Morgan fingerprint density at radius 1 is 1.33 bits per heavy atom. The molecule has 0 N–H and O–H groups in total. The molecule has 0 unspecified atom stereocenters. The van der Waals surface area contributed by atoms with Crippen LogP contribution in [-0.2, 0) is 11.8 Å². The van der Waals surface area contributed by atoms with E-state index >= 15 is 0 Å². The zero-order chi connectivity index (χ0) is 16.7. The molecule has 2 aliphatic heterocycles. The fourth-order valence-corrected chi connectivity index (χ4v) is 3.50. The van der Waals surface area contributed by atoms with E-state index in [1.165, 1.54) is 11.0 Å². The van der Waals surface area contributed by atoms with Gasteiger partial charge in [0, 0.05) is 20.1 Å². The summed E-state index contributed by atoms with van der Waals surface area (Å²) in [6, 6.07) is 0. The second-order valence-corrected chi connectivity index (χ2v) is 6.54. The minimum absolute atomic E-state index is 0.118. The summed E-state index contributed by atoms with van der Waals surface area (Å²) < 4.78 is 13.0. The van der Waals surface area contributed by atoms with Crippen LogP contribution < -0.4 is 0 Å². The number of amides is 1. The molecule has 0 aromatic carbocycles. The lowest BCUT2D eigenvalue weighted by Crippen LogP contribution is -2.46. The van der Waals surface area contributed by atoms with Crippen molar-refractivity contribution in [1.29, 1.82) is 0 Å². The van der Waals surface area contributed by atoms with E-state index in [4.69, 9.17) is 9.26 Å². The van der Waals surface area contributed by atoms with Crippen LogP contribution >= 0.6 is 0 Å². The average molecular weight is 332 g/mol. The van der Waals surface area contributed by atoms with Crippen molar-refractivity contribution in [3.05, 3.63) is 23.9 Å². The van der Waals surface area contributed by atoms with Crippen molar-refractivity contribution in [1.82, 2.24) is 29.8 Å². The number of rotatable bonds is 2. The summed E-state index contributed by atoms with van der Waals surface area (Å²) in [4.78, 5) is 22.5. The van der Waals surface area contributed by atoms with E-state index in [1.54, 1.807) is 18.9 Å². The van der Waals surface area contributed by atoms with Crippen LogP contribution in [0, 0.1) is 6.92 Å². The number of aryl methyl sites for hydroxylation is 2. The van der Waals surface area contributed by atoms with E-state index in [1.807, 2.05) is 0 Å². The largest absolute Gasteiger partial charge is 0.362 e. The van der Waals surface area contributed by atoms with Gasteiger partial charge in [0.2, 0.25) is 5.82 Å². The monoisotopic (exact) mass is 332 g/mol. The first-order valence-corrected chi connectivity index (χ1v) is 8.18.